The van der Waals surface area contributed by atoms with E-state index in [1.54, 1.807) is 11.2 Å². The Hall–Kier alpha value is -2.15. The van der Waals surface area contributed by atoms with Crippen LogP contribution in [0.1, 0.15) is 24.3 Å². The second-order valence-electron chi connectivity index (χ2n) is 6.38. The molecule has 1 amide bonds. The second kappa shape index (κ2) is 4.95. The first kappa shape index (κ1) is 13.5. The molecule has 2 N–H and O–H groups in total. The average Bonchev–Trinajstić information content (AvgIpc) is 3.16. The molecule has 7 heteroatoms. The van der Waals surface area contributed by atoms with Gasteiger partial charge in [0.1, 0.15) is 6.33 Å². The fraction of sp³-hybridized carbons (Fsp3) is 0.533. The van der Waals surface area contributed by atoms with Crippen molar-refractivity contribution in [3.05, 3.63) is 30.2 Å². The maximum Gasteiger partial charge on any atom is 0.407 e. The van der Waals surface area contributed by atoms with Crippen molar-refractivity contribution in [1.29, 1.82) is 0 Å². The van der Waals surface area contributed by atoms with Crippen molar-refractivity contribution in [3.63, 3.8) is 0 Å². The number of pyridine rings is 1. The fourth-order valence-corrected chi connectivity index (χ4v) is 3.99. The van der Waals surface area contributed by atoms with Gasteiger partial charge < -0.3 is 15.3 Å². The minimum Gasteiger partial charge on any atom is -0.465 e. The van der Waals surface area contributed by atoms with Crippen molar-refractivity contribution in [1.82, 2.24) is 24.8 Å². The van der Waals surface area contributed by atoms with E-state index in [0.717, 1.165) is 31.6 Å². The molecule has 7 nitrogen and oxygen atoms in total. The van der Waals surface area contributed by atoms with Gasteiger partial charge in [-0.05, 0) is 36.4 Å². The van der Waals surface area contributed by atoms with Crippen LogP contribution in [0.25, 0.3) is 5.65 Å². The van der Waals surface area contributed by atoms with Gasteiger partial charge in [0.25, 0.3) is 0 Å². The Kier molecular flexibility index (Phi) is 3.04. The molecule has 0 radical (unpaired) electrons. The van der Waals surface area contributed by atoms with Gasteiger partial charge in [-0.2, -0.15) is 0 Å². The number of nitrogens with zero attached hydrogens (tertiary/aromatic N) is 4. The quantitative estimate of drug-likeness (QED) is 0.826. The standard InChI is InChI=1S/C15H19N5O2/c21-14(22)19-6-4-15(3-5-16-9-15)12(8-19)11-1-2-13-18-17-10-20(13)7-11/h1-2,7,10,12,16H,3-6,8-9H2,(H,21,22). The Morgan fingerprint density at radius 3 is 3.09 bits per heavy atom. The molecular weight excluding hydrogens is 282 g/mol. The topological polar surface area (TPSA) is 82.8 Å². The summed E-state index contributed by atoms with van der Waals surface area (Å²) in [5.74, 6) is 0.208. The predicted octanol–water partition coefficient (Wildman–Crippen LogP) is 1.18. The van der Waals surface area contributed by atoms with Gasteiger partial charge in [-0.1, -0.05) is 6.07 Å². The highest BCUT2D eigenvalue weighted by Gasteiger charge is 2.46. The molecule has 0 aromatic carbocycles. The van der Waals surface area contributed by atoms with Gasteiger partial charge in [0.15, 0.2) is 5.65 Å². The number of piperidine rings is 1. The summed E-state index contributed by atoms with van der Waals surface area (Å²) < 4.78 is 1.91. The molecule has 2 aliphatic rings. The van der Waals surface area contributed by atoms with Crippen molar-refractivity contribution in [2.45, 2.75) is 18.8 Å². The Morgan fingerprint density at radius 2 is 2.32 bits per heavy atom. The number of likely N-dealkylation sites (tertiary alicyclic amines) is 1. The lowest BCUT2D eigenvalue weighted by molar-refractivity contribution is 0.0794. The van der Waals surface area contributed by atoms with Crippen molar-refractivity contribution >= 4 is 11.7 Å². The molecule has 0 saturated carbocycles. The molecular formula is C15H19N5O2. The van der Waals surface area contributed by atoms with Crippen molar-refractivity contribution in [2.24, 2.45) is 5.41 Å². The minimum atomic E-state index is -0.823. The minimum absolute atomic E-state index is 0.160. The Bertz CT molecular complexity index is 707. The van der Waals surface area contributed by atoms with Crippen LogP contribution in [0.3, 0.4) is 0 Å². The van der Waals surface area contributed by atoms with Crippen molar-refractivity contribution < 1.29 is 9.90 Å². The lowest BCUT2D eigenvalue weighted by Crippen LogP contribution is -2.48. The van der Waals surface area contributed by atoms with E-state index >= 15 is 0 Å². The van der Waals surface area contributed by atoms with Crippen molar-refractivity contribution in [2.75, 3.05) is 26.2 Å². The smallest absolute Gasteiger partial charge is 0.407 e. The molecule has 2 fully saturated rings. The molecule has 2 aliphatic heterocycles. The van der Waals surface area contributed by atoms with Crippen LogP contribution < -0.4 is 5.32 Å². The number of carboxylic acid groups (broad SMARTS) is 1. The third-order valence-corrected chi connectivity index (χ3v) is 5.29. The molecule has 2 aromatic rings. The predicted molar refractivity (Wildman–Crippen MR) is 79.9 cm³/mol. The van der Waals surface area contributed by atoms with Crippen LogP contribution in [0, 0.1) is 5.41 Å². The number of carbonyl (C=O) groups is 1. The van der Waals surface area contributed by atoms with E-state index in [1.165, 1.54) is 5.56 Å². The van der Waals surface area contributed by atoms with Crippen LogP contribution in [0.15, 0.2) is 24.7 Å². The third kappa shape index (κ3) is 2.04. The zero-order chi connectivity index (χ0) is 15.2. The highest BCUT2D eigenvalue weighted by Crippen LogP contribution is 2.47. The van der Waals surface area contributed by atoms with E-state index in [2.05, 4.69) is 21.6 Å². The summed E-state index contributed by atoms with van der Waals surface area (Å²) in [6, 6.07) is 4.03. The molecule has 0 bridgehead atoms. The zero-order valence-corrected chi connectivity index (χ0v) is 12.3. The van der Waals surface area contributed by atoms with Crippen LogP contribution in [0.5, 0.6) is 0 Å². The van der Waals surface area contributed by atoms with Crippen LogP contribution in [-0.4, -0.2) is 56.9 Å². The number of fused-ring (bicyclic) bond motifs is 1. The normalized spacial score (nSPS) is 28.5. The summed E-state index contributed by atoms with van der Waals surface area (Å²) in [5, 5.41) is 20.8. The van der Waals surface area contributed by atoms with Gasteiger partial charge in [-0.25, -0.2) is 4.79 Å². The fourth-order valence-electron chi connectivity index (χ4n) is 3.99. The molecule has 2 aromatic heterocycles. The van der Waals surface area contributed by atoms with E-state index in [1.807, 2.05) is 16.7 Å². The first-order valence-electron chi connectivity index (χ1n) is 7.66. The third-order valence-electron chi connectivity index (χ3n) is 5.29. The largest absolute Gasteiger partial charge is 0.465 e. The van der Waals surface area contributed by atoms with Gasteiger partial charge in [0.2, 0.25) is 0 Å². The SMILES string of the molecule is O=C(O)N1CCC2(CCNC2)C(c2ccc3nncn3c2)C1. The van der Waals surface area contributed by atoms with E-state index in [-0.39, 0.29) is 11.3 Å². The van der Waals surface area contributed by atoms with Gasteiger partial charge in [0.05, 0.1) is 0 Å². The van der Waals surface area contributed by atoms with Crippen molar-refractivity contribution in [3.8, 4) is 0 Å². The molecule has 2 unspecified atom stereocenters. The molecule has 1 spiro atoms. The summed E-state index contributed by atoms with van der Waals surface area (Å²) >= 11 is 0. The van der Waals surface area contributed by atoms with E-state index < -0.39 is 6.09 Å². The Morgan fingerprint density at radius 1 is 1.41 bits per heavy atom. The number of rotatable bonds is 1. The monoisotopic (exact) mass is 301 g/mol. The van der Waals surface area contributed by atoms with E-state index in [4.69, 9.17) is 0 Å². The van der Waals surface area contributed by atoms with Crippen LogP contribution >= 0.6 is 0 Å². The first-order valence-corrected chi connectivity index (χ1v) is 7.66. The van der Waals surface area contributed by atoms with Gasteiger partial charge in [0, 0.05) is 31.7 Å². The molecule has 4 rings (SSSR count). The number of hydrogen-bond acceptors (Lipinski definition) is 4. The zero-order valence-electron chi connectivity index (χ0n) is 12.3. The molecule has 2 saturated heterocycles. The molecule has 4 heterocycles. The summed E-state index contributed by atoms with van der Waals surface area (Å²) in [4.78, 5) is 12.9. The molecule has 116 valence electrons. The second-order valence-corrected chi connectivity index (χ2v) is 6.38. The molecule has 22 heavy (non-hydrogen) atoms. The lowest BCUT2D eigenvalue weighted by atomic mass is 9.67. The van der Waals surface area contributed by atoms with Crippen LogP contribution in [0.4, 0.5) is 4.79 Å². The summed E-state index contributed by atoms with van der Waals surface area (Å²) in [6.45, 7) is 3.16. The first-order chi connectivity index (χ1) is 10.7. The van der Waals surface area contributed by atoms with E-state index in [0.29, 0.717) is 13.1 Å². The Labute approximate surface area is 127 Å². The van der Waals surface area contributed by atoms with Gasteiger partial charge in [-0.3, -0.25) is 4.40 Å². The summed E-state index contributed by atoms with van der Waals surface area (Å²) in [7, 11) is 0. The Balaban J connectivity index is 1.74. The average molecular weight is 301 g/mol. The van der Waals surface area contributed by atoms with Crippen LogP contribution in [0.2, 0.25) is 0 Å². The maximum atomic E-state index is 11.4. The summed E-state index contributed by atoms with van der Waals surface area (Å²) in [6.07, 6.45) is 4.93. The van der Waals surface area contributed by atoms with E-state index in [9.17, 15) is 9.90 Å². The number of nitrogens with one attached hydrogen (secondary N) is 1. The highest BCUT2D eigenvalue weighted by atomic mass is 16.4. The molecule has 2 atom stereocenters. The number of amides is 1. The van der Waals surface area contributed by atoms with Crippen LogP contribution in [-0.2, 0) is 0 Å². The maximum absolute atomic E-state index is 11.4. The highest BCUT2D eigenvalue weighted by molar-refractivity contribution is 5.65. The summed E-state index contributed by atoms with van der Waals surface area (Å²) in [5.41, 5.74) is 2.14. The van der Waals surface area contributed by atoms with Gasteiger partial charge in [-0.15, -0.1) is 10.2 Å². The molecule has 0 aliphatic carbocycles. The number of hydrogen-bond donors (Lipinski definition) is 2. The lowest BCUT2D eigenvalue weighted by Gasteiger charge is -2.45. The van der Waals surface area contributed by atoms with Gasteiger partial charge >= 0.3 is 6.09 Å². The number of aromatic nitrogens is 3.